The number of aryl methyl sites for hydroxylation is 1. The summed E-state index contributed by atoms with van der Waals surface area (Å²) in [5.41, 5.74) is 6.13. The standard InChI is InChI=1S/C17H15N3O/c1-12-7-8-16-13(9-12)10-14(17(21)19-16)11-18-20-15-5-3-2-4-6-15/h2-11,20H,1H3,(H,19,21). The smallest absolute Gasteiger partial charge is 0.257 e. The van der Waals surface area contributed by atoms with Gasteiger partial charge in [-0.3, -0.25) is 10.2 Å². The molecule has 0 saturated carbocycles. The van der Waals surface area contributed by atoms with Crippen LogP contribution in [-0.2, 0) is 0 Å². The summed E-state index contributed by atoms with van der Waals surface area (Å²) < 4.78 is 0. The van der Waals surface area contributed by atoms with Crippen molar-refractivity contribution < 1.29 is 0 Å². The van der Waals surface area contributed by atoms with Gasteiger partial charge < -0.3 is 4.98 Å². The largest absolute Gasteiger partial charge is 0.321 e. The van der Waals surface area contributed by atoms with E-state index >= 15 is 0 Å². The zero-order valence-corrected chi connectivity index (χ0v) is 11.6. The molecule has 2 N–H and O–H groups in total. The Balaban J connectivity index is 1.89. The number of hydrogen-bond acceptors (Lipinski definition) is 3. The van der Waals surface area contributed by atoms with Gasteiger partial charge in [-0.25, -0.2) is 0 Å². The van der Waals surface area contributed by atoms with Crippen LogP contribution < -0.4 is 11.0 Å². The molecule has 2 aromatic carbocycles. The second-order valence-corrected chi connectivity index (χ2v) is 4.88. The van der Waals surface area contributed by atoms with Crippen LogP contribution in [0, 0.1) is 6.92 Å². The highest BCUT2D eigenvalue weighted by atomic mass is 16.1. The van der Waals surface area contributed by atoms with Crippen LogP contribution in [0.4, 0.5) is 5.69 Å². The third-order valence-electron chi connectivity index (χ3n) is 3.20. The zero-order chi connectivity index (χ0) is 14.7. The van der Waals surface area contributed by atoms with Gasteiger partial charge in [0.25, 0.3) is 5.56 Å². The van der Waals surface area contributed by atoms with E-state index in [1.807, 2.05) is 61.5 Å². The molecule has 21 heavy (non-hydrogen) atoms. The van der Waals surface area contributed by atoms with Gasteiger partial charge in [0, 0.05) is 5.52 Å². The van der Waals surface area contributed by atoms with Crippen LogP contribution in [0.1, 0.15) is 11.1 Å². The Kier molecular flexibility index (Phi) is 3.51. The molecule has 0 saturated heterocycles. The van der Waals surface area contributed by atoms with Gasteiger partial charge in [0.15, 0.2) is 0 Å². The summed E-state index contributed by atoms with van der Waals surface area (Å²) in [4.78, 5) is 14.8. The summed E-state index contributed by atoms with van der Waals surface area (Å²) in [6.45, 7) is 2.02. The van der Waals surface area contributed by atoms with E-state index in [0.29, 0.717) is 5.56 Å². The van der Waals surface area contributed by atoms with Gasteiger partial charge in [-0.1, -0.05) is 29.8 Å². The van der Waals surface area contributed by atoms with Crippen molar-refractivity contribution in [3.63, 3.8) is 0 Å². The van der Waals surface area contributed by atoms with E-state index in [1.165, 1.54) is 6.21 Å². The number of pyridine rings is 1. The molecule has 0 spiro atoms. The van der Waals surface area contributed by atoms with Gasteiger partial charge in [-0.15, -0.1) is 0 Å². The lowest BCUT2D eigenvalue weighted by atomic mass is 10.1. The number of para-hydroxylation sites is 1. The molecule has 0 aliphatic heterocycles. The number of nitrogens with zero attached hydrogens (tertiary/aromatic N) is 1. The molecule has 104 valence electrons. The highest BCUT2D eigenvalue weighted by Crippen LogP contribution is 2.12. The molecule has 4 nitrogen and oxygen atoms in total. The molecule has 4 heteroatoms. The Morgan fingerprint density at radius 3 is 2.71 bits per heavy atom. The van der Waals surface area contributed by atoms with Gasteiger partial charge in [0.1, 0.15) is 0 Å². The molecule has 3 aromatic rings. The summed E-state index contributed by atoms with van der Waals surface area (Å²) in [7, 11) is 0. The number of aromatic nitrogens is 1. The normalized spacial score (nSPS) is 11.1. The second kappa shape index (κ2) is 5.63. The molecule has 0 fully saturated rings. The maximum atomic E-state index is 12.0. The highest BCUT2D eigenvalue weighted by Gasteiger charge is 2.00. The van der Waals surface area contributed by atoms with E-state index in [-0.39, 0.29) is 5.56 Å². The van der Waals surface area contributed by atoms with E-state index in [0.717, 1.165) is 22.2 Å². The van der Waals surface area contributed by atoms with Crippen molar-refractivity contribution in [1.29, 1.82) is 0 Å². The molecule has 3 rings (SSSR count). The summed E-state index contributed by atoms with van der Waals surface area (Å²) >= 11 is 0. The van der Waals surface area contributed by atoms with E-state index in [9.17, 15) is 4.79 Å². The fraction of sp³-hybridized carbons (Fsp3) is 0.0588. The lowest BCUT2D eigenvalue weighted by Gasteiger charge is -2.01. The van der Waals surface area contributed by atoms with Crippen LogP contribution in [0.15, 0.2) is 64.5 Å². The monoisotopic (exact) mass is 277 g/mol. The first-order valence-corrected chi connectivity index (χ1v) is 6.70. The van der Waals surface area contributed by atoms with Crippen LogP contribution in [0.5, 0.6) is 0 Å². The number of H-pyrrole nitrogens is 1. The van der Waals surface area contributed by atoms with Gasteiger partial charge in [-0.2, -0.15) is 5.10 Å². The Morgan fingerprint density at radius 1 is 1.10 bits per heavy atom. The molecule has 0 amide bonds. The number of benzene rings is 2. The number of rotatable bonds is 3. The van der Waals surface area contributed by atoms with Crippen LogP contribution in [0.2, 0.25) is 0 Å². The third kappa shape index (κ3) is 3.00. The summed E-state index contributed by atoms with van der Waals surface area (Å²) in [5, 5.41) is 5.10. The third-order valence-corrected chi connectivity index (χ3v) is 3.20. The lowest BCUT2D eigenvalue weighted by Crippen LogP contribution is -2.12. The molecule has 0 radical (unpaired) electrons. The topological polar surface area (TPSA) is 57.2 Å². The molecule has 0 aliphatic rings. The molecule has 0 bridgehead atoms. The number of anilines is 1. The molecule has 1 aromatic heterocycles. The fourth-order valence-corrected chi connectivity index (χ4v) is 2.13. The first-order chi connectivity index (χ1) is 10.2. The minimum atomic E-state index is -0.148. The minimum Gasteiger partial charge on any atom is -0.321 e. The van der Waals surface area contributed by atoms with Crippen molar-refractivity contribution in [3.05, 3.63) is 76.1 Å². The number of hydrazone groups is 1. The molecule has 0 unspecified atom stereocenters. The Labute approximate surface area is 122 Å². The highest BCUT2D eigenvalue weighted by molar-refractivity contribution is 5.88. The van der Waals surface area contributed by atoms with Crippen molar-refractivity contribution in [2.24, 2.45) is 5.10 Å². The minimum absolute atomic E-state index is 0.148. The number of nitrogens with one attached hydrogen (secondary N) is 2. The average molecular weight is 277 g/mol. The molecule has 0 aliphatic carbocycles. The summed E-state index contributed by atoms with van der Waals surface area (Å²) in [5.74, 6) is 0. The lowest BCUT2D eigenvalue weighted by molar-refractivity contribution is 1.28. The van der Waals surface area contributed by atoms with Crippen LogP contribution in [0.3, 0.4) is 0 Å². The fourth-order valence-electron chi connectivity index (χ4n) is 2.13. The molecular weight excluding hydrogens is 262 g/mol. The first kappa shape index (κ1) is 13.1. The first-order valence-electron chi connectivity index (χ1n) is 6.70. The Morgan fingerprint density at radius 2 is 1.90 bits per heavy atom. The van der Waals surface area contributed by atoms with E-state index in [4.69, 9.17) is 0 Å². The quantitative estimate of drug-likeness (QED) is 0.570. The van der Waals surface area contributed by atoms with Gasteiger partial charge in [-0.05, 0) is 42.6 Å². The molecule has 1 heterocycles. The predicted octanol–water partition coefficient (Wildman–Crippen LogP) is 3.28. The van der Waals surface area contributed by atoms with Crippen LogP contribution in [-0.4, -0.2) is 11.2 Å². The van der Waals surface area contributed by atoms with E-state index in [1.54, 1.807) is 0 Å². The van der Waals surface area contributed by atoms with Crippen LogP contribution in [0.25, 0.3) is 10.9 Å². The Bertz CT molecular complexity index is 851. The van der Waals surface area contributed by atoms with Crippen molar-refractivity contribution >= 4 is 22.8 Å². The van der Waals surface area contributed by atoms with Crippen molar-refractivity contribution in [3.8, 4) is 0 Å². The summed E-state index contributed by atoms with van der Waals surface area (Å²) in [6, 6.07) is 17.4. The maximum absolute atomic E-state index is 12.0. The Hall–Kier alpha value is -2.88. The van der Waals surface area contributed by atoms with E-state index < -0.39 is 0 Å². The predicted molar refractivity (Wildman–Crippen MR) is 87.0 cm³/mol. The zero-order valence-electron chi connectivity index (χ0n) is 11.6. The van der Waals surface area contributed by atoms with E-state index in [2.05, 4.69) is 15.5 Å². The molecular formula is C17H15N3O. The van der Waals surface area contributed by atoms with Crippen molar-refractivity contribution in [2.45, 2.75) is 6.92 Å². The average Bonchev–Trinajstić information content (AvgIpc) is 2.49. The molecule has 0 atom stereocenters. The van der Waals surface area contributed by atoms with Crippen LogP contribution >= 0.6 is 0 Å². The van der Waals surface area contributed by atoms with Gasteiger partial charge >= 0.3 is 0 Å². The number of fused-ring (bicyclic) bond motifs is 1. The van der Waals surface area contributed by atoms with Crippen molar-refractivity contribution in [1.82, 2.24) is 4.98 Å². The van der Waals surface area contributed by atoms with Gasteiger partial charge in [0.05, 0.1) is 17.5 Å². The van der Waals surface area contributed by atoms with Crippen molar-refractivity contribution in [2.75, 3.05) is 5.43 Å². The maximum Gasteiger partial charge on any atom is 0.257 e. The SMILES string of the molecule is Cc1ccc2[nH]c(=O)c(C=NNc3ccccc3)cc2c1. The number of aromatic amines is 1. The summed E-state index contributed by atoms with van der Waals surface area (Å²) in [6.07, 6.45) is 1.54. The second-order valence-electron chi connectivity index (χ2n) is 4.88. The van der Waals surface area contributed by atoms with Gasteiger partial charge in [0.2, 0.25) is 0 Å². The number of hydrogen-bond donors (Lipinski definition) is 2.